The maximum Gasteiger partial charge on any atom is 0.196 e. The number of ether oxygens (including phenoxy) is 1. The lowest BCUT2D eigenvalue weighted by Crippen LogP contribution is -2.09. The van der Waals surface area contributed by atoms with Gasteiger partial charge in [0.2, 0.25) is 0 Å². The molecule has 0 aliphatic rings. The van der Waals surface area contributed by atoms with Crippen molar-refractivity contribution < 1.29 is 9.53 Å². The second kappa shape index (κ2) is 9.63. The van der Waals surface area contributed by atoms with E-state index in [2.05, 4.69) is 41.4 Å². The molecule has 0 amide bonds. The maximum atomic E-state index is 13.1. The van der Waals surface area contributed by atoms with Crippen LogP contribution in [0.2, 0.25) is 0 Å². The van der Waals surface area contributed by atoms with Gasteiger partial charge in [0, 0.05) is 16.8 Å². The van der Waals surface area contributed by atoms with Gasteiger partial charge in [-0.2, -0.15) is 0 Å². The van der Waals surface area contributed by atoms with Crippen LogP contribution in [0.4, 0.5) is 0 Å². The summed E-state index contributed by atoms with van der Waals surface area (Å²) in [5.74, 6) is 1.89. The van der Waals surface area contributed by atoms with Crippen LogP contribution in [0, 0.1) is 27.7 Å². The quantitative estimate of drug-likeness (QED) is 0.246. The van der Waals surface area contributed by atoms with Gasteiger partial charge >= 0.3 is 0 Å². The topological polar surface area (TPSA) is 57.0 Å². The molecule has 0 N–H and O–H groups in total. The Morgan fingerprint density at radius 3 is 2.24 bits per heavy atom. The molecule has 0 bridgehead atoms. The summed E-state index contributed by atoms with van der Waals surface area (Å²) in [6, 6.07) is 20.1. The first-order chi connectivity index (χ1) is 15.9. The van der Waals surface area contributed by atoms with Crippen LogP contribution >= 0.6 is 11.8 Å². The van der Waals surface area contributed by atoms with E-state index in [1.54, 1.807) is 7.11 Å². The highest BCUT2D eigenvalue weighted by Gasteiger charge is 2.19. The number of hydrogen-bond acceptors (Lipinski definition) is 5. The number of nitrogens with zero attached hydrogens (tertiary/aromatic N) is 3. The number of rotatable bonds is 7. The van der Waals surface area contributed by atoms with Gasteiger partial charge in [-0.25, -0.2) is 0 Å². The molecule has 0 atom stereocenters. The normalized spacial score (nSPS) is 10.9. The summed E-state index contributed by atoms with van der Waals surface area (Å²) in [5, 5.41) is 9.63. The molecule has 0 aliphatic carbocycles. The van der Waals surface area contributed by atoms with Crippen LogP contribution in [0.25, 0.3) is 17.1 Å². The van der Waals surface area contributed by atoms with E-state index >= 15 is 0 Å². The second-order valence-electron chi connectivity index (χ2n) is 8.19. The second-order valence-corrected chi connectivity index (χ2v) is 9.14. The van der Waals surface area contributed by atoms with Gasteiger partial charge in [0.05, 0.1) is 12.9 Å². The van der Waals surface area contributed by atoms with E-state index in [9.17, 15) is 4.79 Å². The number of aryl methyl sites for hydroxylation is 4. The van der Waals surface area contributed by atoms with Gasteiger partial charge in [-0.15, -0.1) is 10.2 Å². The number of carbonyl (C=O) groups is 1. The fourth-order valence-electron chi connectivity index (χ4n) is 4.12. The van der Waals surface area contributed by atoms with E-state index in [0.29, 0.717) is 5.16 Å². The van der Waals surface area contributed by atoms with Crippen molar-refractivity contribution in [2.75, 3.05) is 12.9 Å². The van der Waals surface area contributed by atoms with E-state index in [4.69, 9.17) is 4.74 Å². The summed E-state index contributed by atoms with van der Waals surface area (Å²) in [6.45, 7) is 8.09. The molecule has 0 saturated heterocycles. The summed E-state index contributed by atoms with van der Waals surface area (Å²) in [4.78, 5) is 13.1. The van der Waals surface area contributed by atoms with Crippen molar-refractivity contribution in [3.05, 3.63) is 88.5 Å². The number of aromatic nitrogens is 3. The zero-order valence-electron chi connectivity index (χ0n) is 19.5. The number of thioether (sulfide) groups is 1. The summed E-state index contributed by atoms with van der Waals surface area (Å²) < 4.78 is 7.32. The molecule has 0 radical (unpaired) electrons. The first-order valence-electron chi connectivity index (χ1n) is 10.8. The van der Waals surface area contributed by atoms with Crippen LogP contribution in [0.5, 0.6) is 5.75 Å². The van der Waals surface area contributed by atoms with E-state index in [0.717, 1.165) is 50.6 Å². The Morgan fingerprint density at radius 1 is 0.909 bits per heavy atom. The first-order valence-corrected chi connectivity index (χ1v) is 11.8. The number of benzene rings is 3. The SMILES string of the molecule is COc1ccc(-n2c(SCC(=O)c3c(C)cc(C)cc3C)nnc2-c2cccc(C)c2)cc1. The van der Waals surface area contributed by atoms with Gasteiger partial charge in [-0.3, -0.25) is 9.36 Å². The zero-order valence-corrected chi connectivity index (χ0v) is 20.4. The predicted molar refractivity (Wildman–Crippen MR) is 134 cm³/mol. The number of carbonyl (C=O) groups excluding carboxylic acids is 1. The van der Waals surface area contributed by atoms with Gasteiger partial charge in [0.1, 0.15) is 5.75 Å². The fraction of sp³-hybridized carbons (Fsp3) is 0.222. The van der Waals surface area contributed by atoms with Crippen molar-refractivity contribution in [3.8, 4) is 22.8 Å². The third-order valence-electron chi connectivity index (χ3n) is 5.53. The van der Waals surface area contributed by atoms with Crippen LogP contribution in [-0.4, -0.2) is 33.4 Å². The molecule has 3 aromatic carbocycles. The Labute approximate surface area is 198 Å². The highest BCUT2D eigenvalue weighted by Crippen LogP contribution is 2.30. The average molecular weight is 458 g/mol. The Kier molecular flexibility index (Phi) is 6.65. The molecule has 4 rings (SSSR count). The Hall–Kier alpha value is -3.38. The molecule has 1 heterocycles. The van der Waals surface area contributed by atoms with Crippen molar-refractivity contribution in [1.82, 2.24) is 14.8 Å². The summed E-state index contributed by atoms with van der Waals surface area (Å²) in [7, 11) is 1.65. The highest BCUT2D eigenvalue weighted by molar-refractivity contribution is 7.99. The monoisotopic (exact) mass is 457 g/mol. The fourth-order valence-corrected chi connectivity index (χ4v) is 4.94. The minimum absolute atomic E-state index is 0.0939. The molecular weight excluding hydrogens is 430 g/mol. The molecule has 0 fully saturated rings. The van der Waals surface area contributed by atoms with Crippen molar-refractivity contribution in [2.24, 2.45) is 0 Å². The summed E-state index contributed by atoms with van der Waals surface area (Å²) in [5.41, 5.74) is 7.01. The number of Topliss-reactive ketones (excluding diaryl/α,β-unsaturated/α-hetero) is 1. The predicted octanol–water partition coefficient (Wildman–Crippen LogP) is 6.15. The molecule has 33 heavy (non-hydrogen) atoms. The maximum absolute atomic E-state index is 13.1. The number of hydrogen-bond donors (Lipinski definition) is 0. The van der Waals surface area contributed by atoms with Crippen molar-refractivity contribution in [2.45, 2.75) is 32.9 Å². The Morgan fingerprint density at radius 2 is 1.61 bits per heavy atom. The van der Waals surface area contributed by atoms with Gasteiger partial charge < -0.3 is 4.74 Å². The van der Waals surface area contributed by atoms with Crippen LogP contribution in [0.15, 0.2) is 65.8 Å². The third kappa shape index (κ3) is 4.86. The van der Waals surface area contributed by atoms with Crippen molar-refractivity contribution in [3.63, 3.8) is 0 Å². The molecule has 0 spiro atoms. The minimum atomic E-state index is 0.0939. The molecule has 5 nitrogen and oxygen atoms in total. The van der Waals surface area contributed by atoms with Gasteiger partial charge in [0.25, 0.3) is 0 Å². The molecule has 0 unspecified atom stereocenters. The standard InChI is InChI=1S/C27H27N3O2S/c1-17-7-6-8-21(15-17)26-28-29-27(30(26)22-9-11-23(32-5)12-10-22)33-16-24(31)25-19(3)13-18(2)14-20(25)4/h6-15H,16H2,1-5H3. The molecular formula is C27H27N3O2S. The van der Waals surface area contributed by atoms with Crippen molar-refractivity contribution >= 4 is 17.5 Å². The number of methoxy groups -OCH3 is 1. The number of ketones is 1. The van der Waals surface area contributed by atoms with Gasteiger partial charge in [0.15, 0.2) is 16.8 Å². The van der Waals surface area contributed by atoms with E-state index in [1.807, 2.05) is 61.7 Å². The molecule has 6 heteroatoms. The van der Waals surface area contributed by atoms with Crippen LogP contribution in [0.3, 0.4) is 0 Å². The third-order valence-corrected chi connectivity index (χ3v) is 6.46. The lowest BCUT2D eigenvalue weighted by atomic mass is 9.97. The van der Waals surface area contributed by atoms with Crippen LogP contribution in [-0.2, 0) is 0 Å². The van der Waals surface area contributed by atoms with Crippen LogP contribution in [0.1, 0.15) is 32.6 Å². The van der Waals surface area contributed by atoms with Crippen LogP contribution < -0.4 is 4.74 Å². The molecule has 168 valence electrons. The van der Waals surface area contributed by atoms with E-state index in [-0.39, 0.29) is 11.5 Å². The average Bonchev–Trinajstić information content (AvgIpc) is 3.21. The lowest BCUT2D eigenvalue weighted by molar-refractivity contribution is 0.102. The molecule has 1 aromatic heterocycles. The zero-order chi connectivity index (χ0) is 23.5. The summed E-state index contributed by atoms with van der Waals surface area (Å²) >= 11 is 1.40. The molecule has 0 aliphatic heterocycles. The van der Waals surface area contributed by atoms with Gasteiger partial charge in [-0.1, -0.05) is 53.2 Å². The van der Waals surface area contributed by atoms with E-state index < -0.39 is 0 Å². The lowest BCUT2D eigenvalue weighted by Gasteiger charge is -2.12. The summed E-state index contributed by atoms with van der Waals surface area (Å²) in [6.07, 6.45) is 0. The smallest absolute Gasteiger partial charge is 0.196 e. The highest BCUT2D eigenvalue weighted by atomic mass is 32.2. The first kappa shape index (κ1) is 22.8. The molecule has 4 aromatic rings. The largest absolute Gasteiger partial charge is 0.497 e. The van der Waals surface area contributed by atoms with E-state index in [1.165, 1.54) is 11.8 Å². The minimum Gasteiger partial charge on any atom is -0.497 e. The Bertz CT molecular complexity index is 1290. The van der Waals surface area contributed by atoms with Gasteiger partial charge in [-0.05, 0) is 69.2 Å². The molecule has 0 saturated carbocycles. The van der Waals surface area contributed by atoms with Crippen molar-refractivity contribution in [1.29, 1.82) is 0 Å². The Balaban J connectivity index is 1.70.